The average Bonchev–Trinajstić information content (AvgIpc) is 2.28. The summed E-state index contributed by atoms with van der Waals surface area (Å²) in [5.74, 6) is 0.341. The number of nitrogens with zero attached hydrogens (tertiary/aromatic N) is 3. The molecule has 0 saturated heterocycles. The summed E-state index contributed by atoms with van der Waals surface area (Å²) in [5.41, 5.74) is -0.0706. The average molecular weight is 235 g/mol. The Morgan fingerprint density at radius 3 is 2.82 bits per heavy atom. The van der Waals surface area contributed by atoms with Gasteiger partial charge in [0.25, 0.3) is 5.56 Å². The van der Waals surface area contributed by atoms with Crippen molar-refractivity contribution < 1.29 is 4.79 Å². The molecule has 1 aromatic heterocycles. The van der Waals surface area contributed by atoms with Crippen LogP contribution in [-0.2, 0) is 4.79 Å². The minimum atomic E-state index is -0.282. The Hall–Kier alpha value is -1.65. The summed E-state index contributed by atoms with van der Waals surface area (Å²) in [5, 5.41) is 0. The predicted octanol–water partition coefficient (Wildman–Crippen LogP) is 0.770. The lowest BCUT2D eigenvalue weighted by molar-refractivity contribution is -0.131. The first-order chi connectivity index (χ1) is 8.02. The van der Waals surface area contributed by atoms with Gasteiger partial charge in [-0.25, -0.2) is 4.98 Å². The first-order valence-electron chi connectivity index (χ1n) is 5.81. The SMILES string of the molecule is C[C@H]1CC[C@H](C(=O)N(C)C)c2nccc(=O)n21. The van der Waals surface area contributed by atoms with Crippen LogP contribution in [0.25, 0.3) is 0 Å². The molecule has 2 rings (SSSR count). The van der Waals surface area contributed by atoms with Crippen LogP contribution in [-0.4, -0.2) is 34.5 Å². The molecule has 5 nitrogen and oxygen atoms in total. The molecule has 0 N–H and O–H groups in total. The molecule has 1 amide bonds. The molecule has 2 heterocycles. The summed E-state index contributed by atoms with van der Waals surface area (Å²) in [7, 11) is 3.46. The molecule has 0 bridgehead atoms. The molecule has 5 heteroatoms. The van der Waals surface area contributed by atoms with Gasteiger partial charge in [0.2, 0.25) is 5.91 Å². The Labute approximate surface area is 100 Å². The number of rotatable bonds is 1. The minimum Gasteiger partial charge on any atom is -0.348 e. The number of fused-ring (bicyclic) bond motifs is 1. The highest BCUT2D eigenvalue weighted by Gasteiger charge is 2.32. The molecule has 0 aliphatic carbocycles. The summed E-state index contributed by atoms with van der Waals surface area (Å²) < 4.78 is 1.65. The number of amides is 1. The third-order valence-corrected chi connectivity index (χ3v) is 3.27. The van der Waals surface area contributed by atoms with E-state index >= 15 is 0 Å². The molecular weight excluding hydrogens is 218 g/mol. The number of carbonyl (C=O) groups excluding carboxylic acids is 1. The van der Waals surface area contributed by atoms with Crippen molar-refractivity contribution in [3.8, 4) is 0 Å². The smallest absolute Gasteiger partial charge is 0.253 e. The molecule has 17 heavy (non-hydrogen) atoms. The summed E-state index contributed by atoms with van der Waals surface area (Å²) in [4.78, 5) is 29.7. The second-order valence-electron chi connectivity index (χ2n) is 4.72. The Bertz CT molecular complexity index is 493. The van der Waals surface area contributed by atoms with Gasteiger partial charge in [-0.05, 0) is 19.8 Å². The minimum absolute atomic E-state index is 0.0174. The Balaban J connectivity index is 2.50. The zero-order valence-electron chi connectivity index (χ0n) is 10.4. The van der Waals surface area contributed by atoms with Gasteiger partial charge in [-0.1, -0.05) is 0 Å². The maximum atomic E-state index is 12.0. The van der Waals surface area contributed by atoms with Crippen molar-refractivity contribution in [3.63, 3.8) is 0 Å². The second kappa shape index (κ2) is 4.31. The highest BCUT2D eigenvalue weighted by molar-refractivity contribution is 5.82. The molecule has 0 radical (unpaired) electrons. The highest BCUT2D eigenvalue weighted by atomic mass is 16.2. The molecule has 92 valence electrons. The first-order valence-corrected chi connectivity index (χ1v) is 5.81. The first kappa shape index (κ1) is 11.8. The van der Waals surface area contributed by atoms with E-state index < -0.39 is 0 Å². The Morgan fingerprint density at radius 2 is 2.18 bits per heavy atom. The normalized spacial score (nSPS) is 23.0. The van der Waals surface area contributed by atoms with Crippen molar-refractivity contribution >= 4 is 5.91 Å². The third kappa shape index (κ3) is 1.97. The van der Waals surface area contributed by atoms with E-state index in [0.29, 0.717) is 5.82 Å². The van der Waals surface area contributed by atoms with Crippen molar-refractivity contribution in [2.75, 3.05) is 14.1 Å². The number of carbonyl (C=O) groups is 1. The molecule has 1 aliphatic rings. The zero-order valence-corrected chi connectivity index (χ0v) is 10.4. The van der Waals surface area contributed by atoms with Crippen LogP contribution in [0.1, 0.15) is 37.5 Å². The number of likely N-dealkylation sites (N-methyl/N-ethyl adjacent to an activating group) is 1. The molecule has 1 aromatic rings. The van der Waals surface area contributed by atoms with E-state index in [4.69, 9.17) is 0 Å². The fourth-order valence-corrected chi connectivity index (χ4v) is 2.35. The van der Waals surface area contributed by atoms with Crippen molar-refractivity contribution in [1.82, 2.24) is 14.5 Å². The quantitative estimate of drug-likeness (QED) is 0.722. The number of hydrogen-bond donors (Lipinski definition) is 0. The lowest BCUT2D eigenvalue weighted by Gasteiger charge is -2.30. The van der Waals surface area contributed by atoms with Crippen LogP contribution in [0.3, 0.4) is 0 Å². The fourth-order valence-electron chi connectivity index (χ4n) is 2.35. The summed E-state index contributed by atoms with van der Waals surface area (Å²) in [6, 6.07) is 1.57. The molecule has 0 fully saturated rings. The fraction of sp³-hybridized carbons (Fsp3) is 0.583. The van der Waals surface area contributed by atoms with Gasteiger partial charge in [-0.3, -0.25) is 14.2 Å². The third-order valence-electron chi connectivity index (χ3n) is 3.27. The van der Waals surface area contributed by atoms with E-state index in [1.807, 2.05) is 6.92 Å². The zero-order chi connectivity index (χ0) is 12.6. The van der Waals surface area contributed by atoms with E-state index in [9.17, 15) is 9.59 Å². The van der Waals surface area contributed by atoms with Crippen LogP contribution >= 0.6 is 0 Å². The van der Waals surface area contributed by atoms with Gasteiger partial charge in [0.05, 0.1) is 5.92 Å². The molecule has 0 spiro atoms. The van der Waals surface area contributed by atoms with E-state index in [1.54, 1.807) is 23.6 Å². The number of hydrogen-bond acceptors (Lipinski definition) is 3. The van der Waals surface area contributed by atoms with E-state index in [2.05, 4.69) is 4.98 Å². The standard InChI is InChI=1S/C12H17N3O2/c1-8-4-5-9(12(17)14(2)3)11-13-7-6-10(16)15(8)11/h6-9H,4-5H2,1-3H3/t8-,9-/m0/s1. The van der Waals surface area contributed by atoms with Crippen LogP contribution in [0.4, 0.5) is 0 Å². The Kier molecular flexibility index (Phi) is 3.00. The number of aromatic nitrogens is 2. The summed E-state index contributed by atoms with van der Waals surface area (Å²) >= 11 is 0. The maximum absolute atomic E-state index is 12.0. The molecule has 0 aromatic carbocycles. The molecular formula is C12H17N3O2. The highest BCUT2D eigenvalue weighted by Crippen LogP contribution is 2.31. The predicted molar refractivity (Wildman–Crippen MR) is 63.9 cm³/mol. The maximum Gasteiger partial charge on any atom is 0.253 e. The topological polar surface area (TPSA) is 55.2 Å². The van der Waals surface area contributed by atoms with Crippen LogP contribution in [0.2, 0.25) is 0 Å². The molecule has 0 saturated carbocycles. The molecule has 0 unspecified atom stereocenters. The second-order valence-corrected chi connectivity index (χ2v) is 4.72. The molecule has 2 atom stereocenters. The van der Waals surface area contributed by atoms with Gasteiger partial charge in [-0.2, -0.15) is 0 Å². The van der Waals surface area contributed by atoms with E-state index in [1.165, 1.54) is 12.3 Å². The van der Waals surface area contributed by atoms with Gasteiger partial charge in [0.15, 0.2) is 0 Å². The van der Waals surface area contributed by atoms with Crippen molar-refractivity contribution in [2.45, 2.75) is 31.7 Å². The van der Waals surface area contributed by atoms with Crippen molar-refractivity contribution in [1.29, 1.82) is 0 Å². The monoisotopic (exact) mass is 235 g/mol. The van der Waals surface area contributed by atoms with Gasteiger partial charge < -0.3 is 4.90 Å². The van der Waals surface area contributed by atoms with E-state index in [0.717, 1.165) is 12.8 Å². The van der Waals surface area contributed by atoms with Gasteiger partial charge >= 0.3 is 0 Å². The summed E-state index contributed by atoms with van der Waals surface area (Å²) in [6.07, 6.45) is 3.08. The van der Waals surface area contributed by atoms with Gasteiger partial charge in [0, 0.05) is 32.4 Å². The van der Waals surface area contributed by atoms with Gasteiger partial charge in [0.1, 0.15) is 5.82 Å². The van der Waals surface area contributed by atoms with Crippen LogP contribution in [0, 0.1) is 0 Å². The largest absolute Gasteiger partial charge is 0.348 e. The van der Waals surface area contributed by atoms with Crippen LogP contribution in [0.5, 0.6) is 0 Å². The van der Waals surface area contributed by atoms with Crippen LogP contribution < -0.4 is 5.56 Å². The van der Waals surface area contributed by atoms with E-state index in [-0.39, 0.29) is 23.4 Å². The van der Waals surface area contributed by atoms with Crippen LogP contribution in [0.15, 0.2) is 17.1 Å². The lowest BCUT2D eigenvalue weighted by Crippen LogP contribution is -2.38. The molecule has 1 aliphatic heterocycles. The lowest BCUT2D eigenvalue weighted by atomic mass is 9.93. The van der Waals surface area contributed by atoms with Crippen molar-refractivity contribution in [2.24, 2.45) is 0 Å². The summed E-state index contributed by atoms with van der Waals surface area (Å²) in [6.45, 7) is 1.99. The van der Waals surface area contributed by atoms with Gasteiger partial charge in [-0.15, -0.1) is 0 Å². The van der Waals surface area contributed by atoms with Crippen molar-refractivity contribution in [3.05, 3.63) is 28.4 Å². The Morgan fingerprint density at radius 1 is 1.47 bits per heavy atom.